The summed E-state index contributed by atoms with van der Waals surface area (Å²) < 4.78 is 5.70. The summed E-state index contributed by atoms with van der Waals surface area (Å²) in [5.41, 5.74) is 2.05. The molecule has 0 atom stereocenters. The highest BCUT2D eigenvalue weighted by molar-refractivity contribution is 7.09. The lowest BCUT2D eigenvalue weighted by molar-refractivity contribution is 0.300. The van der Waals surface area contributed by atoms with Gasteiger partial charge < -0.3 is 10.1 Å². The van der Waals surface area contributed by atoms with E-state index in [4.69, 9.17) is 4.74 Å². The maximum absolute atomic E-state index is 5.70. The Bertz CT molecular complexity index is 549. The third-order valence-corrected chi connectivity index (χ3v) is 4.28. The first-order valence-electron chi connectivity index (χ1n) is 7.08. The predicted octanol–water partition coefficient (Wildman–Crippen LogP) is 2.93. The first-order valence-corrected chi connectivity index (χ1v) is 7.96. The van der Waals surface area contributed by atoms with Gasteiger partial charge in [0.05, 0.1) is 22.6 Å². The van der Waals surface area contributed by atoms with E-state index in [0.29, 0.717) is 12.6 Å². The number of hydrogen-bond acceptors (Lipinski definition) is 5. The van der Waals surface area contributed by atoms with E-state index < -0.39 is 0 Å². The second-order valence-corrected chi connectivity index (χ2v) is 5.96. The van der Waals surface area contributed by atoms with Crippen molar-refractivity contribution in [2.24, 2.45) is 0 Å². The highest BCUT2D eigenvalue weighted by Gasteiger charge is 2.20. The largest absolute Gasteiger partial charge is 0.486 e. The van der Waals surface area contributed by atoms with Crippen LogP contribution in [0.25, 0.3) is 0 Å². The maximum Gasteiger partial charge on any atom is 0.138 e. The molecule has 20 heavy (non-hydrogen) atoms. The standard InChI is InChI=1S/C15H19N3OS/c1-2-15-18-13(10-20-15)9-19-14-6-5-12(17-8-14)7-16-11-3-4-11/h5-6,8,10-11,16H,2-4,7,9H2,1H3. The summed E-state index contributed by atoms with van der Waals surface area (Å²) in [6.07, 6.45) is 5.37. The average molecular weight is 289 g/mol. The number of pyridine rings is 1. The normalized spacial score (nSPS) is 14.4. The van der Waals surface area contributed by atoms with Gasteiger partial charge in [0.2, 0.25) is 0 Å². The molecule has 0 aliphatic heterocycles. The van der Waals surface area contributed by atoms with Crippen LogP contribution < -0.4 is 10.1 Å². The fraction of sp³-hybridized carbons (Fsp3) is 0.467. The number of hydrogen-bond donors (Lipinski definition) is 1. The Hall–Kier alpha value is -1.46. The Balaban J connectivity index is 1.49. The molecule has 0 radical (unpaired) electrons. The molecule has 0 aromatic carbocycles. The van der Waals surface area contributed by atoms with Gasteiger partial charge in [0.1, 0.15) is 12.4 Å². The van der Waals surface area contributed by atoms with E-state index in [1.807, 2.05) is 12.1 Å². The van der Waals surface area contributed by atoms with E-state index in [-0.39, 0.29) is 0 Å². The minimum atomic E-state index is 0.512. The highest BCUT2D eigenvalue weighted by atomic mass is 32.1. The van der Waals surface area contributed by atoms with Gasteiger partial charge in [-0.05, 0) is 31.4 Å². The van der Waals surface area contributed by atoms with E-state index >= 15 is 0 Å². The van der Waals surface area contributed by atoms with Crippen LogP contribution in [-0.4, -0.2) is 16.0 Å². The zero-order chi connectivity index (χ0) is 13.8. The van der Waals surface area contributed by atoms with Crippen molar-refractivity contribution in [3.8, 4) is 5.75 Å². The lowest BCUT2D eigenvalue weighted by Gasteiger charge is -2.06. The topological polar surface area (TPSA) is 47.0 Å². The van der Waals surface area contributed by atoms with Crippen LogP contribution in [0.3, 0.4) is 0 Å². The summed E-state index contributed by atoms with van der Waals surface area (Å²) in [5, 5.41) is 6.66. The van der Waals surface area contributed by atoms with Crippen molar-refractivity contribution in [3.05, 3.63) is 40.1 Å². The summed E-state index contributed by atoms with van der Waals surface area (Å²) in [6, 6.07) is 4.71. The summed E-state index contributed by atoms with van der Waals surface area (Å²) in [6.45, 7) is 3.47. The number of thiazole rings is 1. The van der Waals surface area contributed by atoms with Gasteiger partial charge in [-0.25, -0.2) is 4.98 Å². The molecule has 106 valence electrons. The number of aromatic nitrogens is 2. The first-order chi connectivity index (χ1) is 9.83. The van der Waals surface area contributed by atoms with Gasteiger partial charge in [-0.1, -0.05) is 6.92 Å². The fourth-order valence-corrected chi connectivity index (χ4v) is 2.60. The van der Waals surface area contributed by atoms with Crippen molar-refractivity contribution in [3.63, 3.8) is 0 Å². The quantitative estimate of drug-likeness (QED) is 0.851. The SMILES string of the molecule is CCc1nc(COc2ccc(CNC3CC3)nc2)cs1. The minimum Gasteiger partial charge on any atom is -0.486 e. The third-order valence-electron chi connectivity index (χ3n) is 3.24. The molecule has 0 saturated heterocycles. The zero-order valence-corrected chi connectivity index (χ0v) is 12.4. The smallest absolute Gasteiger partial charge is 0.138 e. The predicted molar refractivity (Wildman–Crippen MR) is 79.9 cm³/mol. The molecule has 2 heterocycles. The molecule has 1 aliphatic carbocycles. The number of nitrogens with one attached hydrogen (secondary N) is 1. The third kappa shape index (κ3) is 3.77. The number of ether oxygens (including phenoxy) is 1. The van der Waals surface area contributed by atoms with Crippen molar-refractivity contribution < 1.29 is 4.74 Å². The van der Waals surface area contributed by atoms with E-state index in [9.17, 15) is 0 Å². The van der Waals surface area contributed by atoms with Gasteiger partial charge in [0.25, 0.3) is 0 Å². The number of nitrogens with zero attached hydrogens (tertiary/aromatic N) is 2. The Labute approximate surface area is 123 Å². The van der Waals surface area contributed by atoms with Crippen LogP contribution >= 0.6 is 11.3 Å². The monoisotopic (exact) mass is 289 g/mol. The zero-order valence-electron chi connectivity index (χ0n) is 11.6. The van der Waals surface area contributed by atoms with Gasteiger partial charge in [-0.3, -0.25) is 4.98 Å². The molecule has 0 bridgehead atoms. The summed E-state index contributed by atoms with van der Waals surface area (Å²) in [4.78, 5) is 8.89. The number of aryl methyl sites for hydroxylation is 1. The Kier molecular flexibility index (Phi) is 4.28. The molecule has 0 amide bonds. The Morgan fingerprint density at radius 2 is 2.25 bits per heavy atom. The van der Waals surface area contributed by atoms with Crippen LogP contribution in [-0.2, 0) is 19.6 Å². The highest BCUT2D eigenvalue weighted by Crippen LogP contribution is 2.19. The second kappa shape index (κ2) is 6.33. The lowest BCUT2D eigenvalue weighted by Crippen LogP contribution is -2.16. The molecular formula is C15H19N3OS. The van der Waals surface area contributed by atoms with Crippen molar-refractivity contribution >= 4 is 11.3 Å². The van der Waals surface area contributed by atoms with E-state index in [1.165, 1.54) is 12.8 Å². The van der Waals surface area contributed by atoms with Crippen molar-refractivity contribution in [1.82, 2.24) is 15.3 Å². The van der Waals surface area contributed by atoms with E-state index in [2.05, 4.69) is 27.6 Å². The molecule has 2 aromatic heterocycles. The molecule has 1 fully saturated rings. The fourth-order valence-electron chi connectivity index (χ4n) is 1.87. The van der Waals surface area contributed by atoms with Crippen LogP contribution in [0.15, 0.2) is 23.7 Å². The van der Waals surface area contributed by atoms with Gasteiger partial charge in [-0.2, -0.15) is 0 Å². The molecule has 3 rings (SSSR count). The molecule has 1 saturated carbocycles. The summed E-state index contributed by atoms with van der Waals surface area (Å²) >= 11 is 1.69. The van der Waals surface area contributed by atoms with Crippen molar-refractivity contribution in [2.75, 3.05) is 0 Å². The molecular weight excluding hydrogens is 270 g/mol. The van der Waals surface area contributed by atoms with Crippen LogP contribution in [0.4, 0.5) is 0 Å². The van der Waals surface area contributed by atoms with Gasteiger partial charge in [-0.15, -0.1) is 11.3 Å². The van der Waals surface area contributed by atoms with Crippen LogP contribution in [0, 0.1) is 0 Å². The molecule has 0 spiro atoms. The molecule has 2 aromatic rings. The maximum atomic E-state index is 5.70. The first kappa shape index (κ1) is 13.5. The lowest BCUT2D eigenvalue weighted by atomic mass is 10.3. The van der Waals surface area contributed by atoms with Crippen molar-refractivity contribution in [1.29, 1.82) is 0 Å². The van der Waals surface area contributed by atoms with Gasteiger partial charge in [0.15, 0.2) is 0 Å². The molecule has 1 N–H and O–H groups in total. The van der Waals surface area contributed by atoms with Crippen LogP contribution in [0.5, 0.6) is 5.75 Å². The molecule has 4 nitrogen and oxygen atoms in total. The Morgan fingerprint density at radius 3 is 2.90 bits per heavy atom. The van der Waals surface area contributed by atoms with E-state index in [1.54, 1.807) is 17.5 Å². The molecule has 0 unspecified atom stereocenters. The van der Waals surface area contributed by atoms with Gasteiger partial charge >= 0.3 is 0 Å². The van der Waals surface area contributed by atoms with Crippen LogP contribution in [0.1, 0.15) is 36.2 Å². The summed E-state index contributed by atoms with van der Waals surface area (Å²) in [5.74, 6) is 0.797. The summed E-state index contributed by atoms with van der Waals surface area (Å²) in [7, 11) is 0. The van der Waals surface area contributed by atoms with Crippen molar-refractivity contribution in [2.45, 2.75) is 45.4 Å². The number of rotatable bonds is 7. The van der Waals surface area contributed by atoms with E-state index in [0.717, 1.165) is 35.1 Å². The second-order valence-electron chi connectivity index (χ2n) is 5.02. The Morgan fingerprint density at radius 1 is 1.35 bits per heavy atom. The average Bonchev–Trinajstić information content (AvgIpc) is 3.21. The molecule has 1 aliphatic rings. The molecule has 5 heteroatoms. The van der Waals surface area contributed by atoms with Gasteiger partial charge in [0, 0.05) is 18.0 Å². The van der Waals surface area contributed by atoms with Crippen LogP contribution in [0.2, 0.25) is 0 Å². The minimum absolute atomic E-state index is 0.512.